The van der Waals surface area contributed by atoms with Crippen LogP contribution in [0.25, 0.3) is 0 Å². The predicted octanol–water partition coefficient (Wildman–Crippen LogP) is 1.67. The van der Waals surface area contributed by atoms with Crippen molar-refractivity contribution in [2.75, 3.05) is 11.1 Å². The van der Waals surface area contributed by atoms with Crippen molar-refractivity contribution in [2.24, 2.45) is 0 Å². The van der Waals surface area contributed by atoms with Crippen molar-refractivity contribution in [1.82, 2.24) is 4.98 Å². The maximum Gasteiger partial charge on any atom is 0.358 e. The number of nitrogens with zero attached hydrogens (tertiary/aromatic N) is 1. The first-order valence-corrected chi connectivity index (χ1v) is 6.12. The van der Waals surface area contributed by atoms with Crippen LogP contribution in [-0.2, 0) is 9.08 Å². The van der Waals surface area contributed by atoms with Gasteiger partial charge in [0.1, 0.15) is 17.7 Å². The third-order valence-corrected chi connectivity index (χ3v) is 3.16. The third-order valence-electron chi connectivity index (χ3n) is 2.58. The minimum absolute atomic E-state index is 0.250. The van der Waals surface area contributed by atoms with E-state index in [0.717, 1.165) is 0 Å². The van der Waals surface area contributed by atoms with Gasteiger partial charge >= 0.3 is 5.97 Å². The van der Waals surface area contributed by atoms with E-state index < -0.39 is 17.6 Å². The second-order valence-electron chi connectivity index (χ2n) is 3.96. The number of rotatable bonds is 4. The van der Waals surface area contributed by atoms with Crippen LogP contribution < -0.4 is 11.1 Å². The molecule has 6 nitrogen and oxygen atoms in total. The van der Waals surface area contributed by atoms with Gasteiger partial charge in [0.05, 0.1) is 11.7 Å². The van der Waals surface area contributed by atoms with Crippen LogP contribution in [0.1, 0.15) is 13.8 Å². The van der Waals surface area contributed by atoms with Gasteiger partial charge in [0.15, 0.2) is 5.60 Å². The molecule has 0 aliphatic rings. The average Bonchev–Trinajstić information content (AvgIpc) is 2.32. The third kappa shape index (κ3) is 3.24. The van der Waals surface area contributed by atoms with E-state index in [-0.39, 0.29) is 5.82 Å². The summed E-state index contributed by atoms with van der Waals surface area (Å²) >= 11 is 8.20. The van der Waals surface area contributed by atoms with E-state index in [1.807, 2.05) is 0 Å². The fourth-order valence-electron chi connectivity index (χ4n) is 1.19. The van der Waals surface area contributed by atoms with Gasteiger partial charge < -0.3 is 20.4 Å². The van der Waals surface area contributed by atoms with E-state index in [9.17, 15) is 9.90 Å². The second kappa shape index (κ2) is 5.73. The SMILES string of the molecule is CC(Nc1cc(Br)cnc1N)C(C)(O)C(=O)OCl. The van der Waals surface area contributed by atoms with Crippen LogP contribution >= 0.6 is 27.8 Å². The zero-order valence-corrected chi connectivity index (χ0v) is 12.1. The van der Waals surface area contributed by atoms with Gasteiger partial charge in [-0.25, -0.2) is 9.78 Å². The predicted molar refractivity (Wildman–Crippen MR) is 72.0 cm³/mol. The first kappa shape index (κ1) is 15.0. The summed E-state index contributed by atoms with van der Waals surface area (Å²) in [5.74, 6) is -0.703. The van der Waals surface area contributed by atoms with Crippen LogP contribution in [0.5, 0.6) is 0 Å². The number of nitrogens with two attached hydrogens (primary N) is 1. The van der Waals surface area contributed by atoms with E-state index >= 15 is 0 Å². The average molecular weight is 339 g/mol. The second-order valence-corrected chi connectivity index (χ2v) is 5.03. The highest BCUT2D eigenvalue weighted by Crippen LogP contribution is 2.24. The fourth-order valence-corrected chi connectivity index (χ4v) is 1.68. The number of hydrogen-bond donors (Lipinski definition) is 3. The Morgan fingerprint density at radius 3 is 2.94 bits per heavy atom. The summed E-state index contributed by atoms with van der Waals surface area (Å²) in [5.41, 5.74) is 4.36. The molecule has 100 valence electrons. The van der Waals surface area contributed by atoms with Crippen LogP contribution in [-0.4, -0.2) is 27.7 Å². The Bertz CT molecular complexity index is 456. The van der Waals surface area contributed by atoms with Crippen LogP contribution in [0.2, 0.25) is 0 Å². The number of nitrogen functional groups attached to an aromatic ring is 1. The molecule has 4 N–H and O–H groups in total. The molecule has 1 rings (SSSR count). The maximum absolute atomic E-state index is 11.3. The first-order chi connectivity index (χ1) is 8.28. The Labute approximate surface area is 118 Å². The Hall–Kier alpha value is -1.05. The Balaban J connectivity index is 2.90. The van der Waals surface area contributed by atoms with Crippen molar-refractivity contribution in [2.45, 2.75) is 25.5 Å². The van der Waals surface area contributed by atoms with Gasteiger partial charge in [-0.2, -0.15) is 0 Å². The van der Waals surface area contributed by atoms with Crippen LogP contribution in [0, 0.1) is 0 Å². The monoisotopic (exact) mass is 337 g/mol. The molecule has 0 aliphatic carbocycles. The lowest BCUT2D eigenvalue weighted by Gasteiger charge is -2.28. The Kier molecular flexibility index (Phi) is 4.78. The van der Waals surface area contributed by atoms with E-state index in [2.05, 4.69) is 30.5 Å². The normalized spacial score (nSPS) is 15.6. The first-order valence-electron chi connectivity index (χ1n) is 5.02. The number of anilines is 2. The molecule has 1 aromatic rings. The fraction of sp³-hybridized carbons (Fsp3) is 0.400. The van der Waals surface area contributed by atoms with Gasteiger partial charge in [-0.3, -0.25) is 0 Å². The summed E-state index contributed by atoms with van der Waals surface area (Å²) in [6.45, 7) is 2.88. The Morgan fingerprint density at radius 1 is 1.78 bits per heavy atom. The van der Waals surface area contributed by atoms with Gasteiger partial charge in [0.2, 0.25) is 0 Å². The van der Waals surface area contributed by atoms with Crippen LogP contribution in [0.4, 0.5) is 11.5 Å². The molecule has 2 atom stereocenters. The van der Waals surface area contributed by atoms with E-state index in [0.29, 0.717) is 10.2 Å². The van der Waals surface area contributed by atoms with Crippen molar-refractivity contribution < 1.29 is 14.2 Å². The zero-order chi connectivity index (χ0) is 13.9. The quantitative estimate of drug-likeness (QED) is 0.772. The lowest BCUT2D eigenvalue weighted by Crippen LogP contribution is -2.49. The molecular formula is C10H13BrClN3O3. The van der Waals surface area contributed by atoms with Gasteiger partial charge in [-0.1, -0.05) is 0 Å². The van der Waals surface area contributed by atoms with Crippen molar-refractivity contribution in [3.05, 3.63) is 16.7 Å². The highest BCUT2D eigenvalue weighted by molar-refractivity contribution is 9.10. The molecule has 1 heterocycles. The molecule has 1 aromatic heterocycles. The summed E-state index contributed by atoms with van der Waals surface area (Å²) in [5, 5.41) is 12.9. The number of aromatic nitrogens is 1. The van der Waals surface area contributed by atoms with Crippen molar-refractivity contribution >= 4 is 45.3 Å². The van der Waals surface area contributed by atoms with Crippen molar-refractivity contribution in [3.63, 3.8) is 0 Å². The minimum atomic E-state index is -1.80. The summed E-state index contributed by atoms with van der Waals surface area (Å²) in [4.78, 5) is 15.2. The lowest BCUT2D eigenvalue weighted by atomic mass is 9.98. The molecule has 0 aromatic carbocycles. The minimum Gasteiger partial charge on any atom is -0.382 e. The van der Waals surface area contributed by atoms with Gasteiger partial charge in [0, 0.05) is 10.7 Å². The molecular weight excluding hydrogens is 325 g/mol. The van der Waals surface area contributed by atoms with Crippen molar-refractivity contribution in [1.29, 1.82) is 0 Å². The molecule has 0 saturated heterocycles. The van der Waals surface area contributed by atoms with Gasteiger partial charge in [0.25, 0.3) is 0 Å². The topological polar surface area (TPSA) is 97.5 Å². The molecule has 2 unspecified atom stereocenters. The number of hydrogen-bond acceptors (Lipinski definition) is 6. The largest absolute Gasteiger partial charge is 0.382 e. The van der Waals surface area contributed by atoms with E-state index in [4.69, 9.17) is 17.6 Å². The standard InChI is InChI=1S/C10H13BrClN3O3/c1-5(10(2,17)9(16)18-12)15-7-3-6(11)4-14-8(7)13/h3-5,15,17H,1-2H3,(H2,13,14). The highest BCUT2D eigenvalue weighted by Gasteiger charge is 2.39. The Morgan fingerprint density at radius 2 is 2.39 bits per heavy atom. The molecule has 18 heavy (non-hydrogen) atoms. The number of pyridine rings is 1. The molecule has 0 amide bonds. The van der Waals surface area contributed by atoms with Crippen molar-refractivity contribution in [3.8, 4) is 0 Å². The number of nitrogens with one attached hydrogen (secondary N) is 1. The molecule has 0 bridgehead atoms. The number of carbonyl (C=O) groups excluding carboxylic acids is 1. The molecule has 0 saturated carbocycles. The van der Waals surface area contributed by atoms with E-state index in [1.165, 1.54) is 13.1 Å². The lowest BCUT2D eigenvalue weighted by molar-refractivity contribution is -0.154. The molecule has 0 radical (unpaired) electrons. The summed E-state index contributed by atoms with van der Waals surface area (Å²) in [6.07, 6.45) is 1.54. The molecule has 0 spiro atoms. The number of halogens is 2. The highest BCUT2D eigenvalue weighted by atomic mass is 79.9. The van der Waals surface area contributed by atoms with Gasteiger partial charge in [-0.05, 0) is 35.8 Å². The summed E-state index contributed by atoms with van der Waals surface area (Å²) < 4.78 is 4.73. The molecule has 0 fully saturated rings. The summed E-state index contributed by atoms with van der Waals surface area (Å²) in [6, 6.07) is 1.00. The van der Waals surface area contributed by atoms with Gasteiger partial charge in [-0.15, -0.1) is 0 Å². The summed E-state index contributed by atoms with van der Waals surface area (Å²) in [7, 11) is 0. The van der Waals surface area contributed by atoms with E-state index in [1.54, 1.807) is 13.0 Å². The molecule has 8 heteroatoms. The smallest absolute Gasteiger partial charge is 0.358 e. The maximum atomic E-state index is 11.3. The molecule has 0 aliphatic heterocycles. The van der Waals surface area contributed by atoms with Crippen LogP contribution in [0.3, 0.4) is 0 Å². The van der Waals surface area contributed by atoms with Crippen LogP contribution in [0.15, 0.2) is 16.7 Å². The zero-order valence-electron chi connectivity index (χ0n) is 9.78. The number of aliphatic hydroxyl groups is 1. The number of carbonyl (C=O) groups is 1.